The summed E-state index contributed by atoms with van der Waals surface area (Å²) in [4.78, 5) is 15.6. The standard InChI is InChI=1S/C28H30N4O3/c1-31(2)17-16-20-10-12-21(13-11-20)29-28(33)25-19-32(22-8-6-5-7-9-22)30-27(25)24-18-23(34-3)14-15-26(24)35-4/h5-15,18-19H,16-17H2,1-4H3,(H,29,33). The molecule has 35 heavy (non-hydrogen) atoms. The molecule has 0 fully saturated rings. The Labute approximate surface area is 205 Å². The number of amides is 1. The van der Waals surface area contributed by atoms with Crippen molar-refractivity contribution in [3.05, 3.63) is 90.1 Å². The first-order valence-electron chi connectivity index (χ1n) is 11.4. The molecule has 0 bridgehead atoms. The van der Waals surface area contributed by atoms with Crippen molar-refractivity contribution in [2.45, 2.75) is 6.42 Å². The molecule has 0 aliphatic heterocycles. The van der Waals surface area contributed by atoms with E-state index >= 15 is 0 Å². The molecule has 0 saturated heterocycles. The van der Waals surface area contributed by atoms with Crippen molar-refractivity contribution in [3.8, 4) is 28.4 Å². The molecule has 180 valence electrons. The fourth-order valence-corrected chi connectivity index (χ4v) is 3.76. The van der Waals surface area contributed by atoms with Gasteiger partial charge < -0.3 is 19.7 Å². The van der Waals surface area contributed by atoms with Gasteiger partial charge in [0.2, 0.25) is 0 Å². The highest BCUT2D eigenvalue weighted by Crippen LogP contribution is 2.35. The van der Waals surface area contributed by atoms with Crippen LogP contribution in [-0.4, -0.2) is 55.4 Å². The number of methoxy groups -OCH3 is 2. The van der Waals surface area contributed by atoms with E-state index in [1.54, 1.807) is 25.1 Å². The fraction of sp³-hybridized carbons (Fsp3) is 0.214. The van der Waals surface area contributed by atoms with Crippen LogP contribution in [0.15, 0.2) is 79.0 Å². The molecule has 1 heterocycles. The number of nitrogens with one attached hydrogen (secondary N) is 1. The highest BCUT2D eigenvalue weighted by molar-refractivity contribution is 6.08. The van der Waals surface area contributed by atoms with E-state index in [1.807, 2.05) is 72.8 Å². The summed E-state index contributed by atoms with van der Waals surface area (Å²) in [7, 11) is 7.30. The van der Waals surface area contributed by atoms with E-state index in [4.69, 9.17) is 14.6 Å². The van der Waals surface area contributed by atoms with Gasteiger partial charge >= 0.3 is 0 Å². The fourth-order valence-electron chi connectivity index (χ4n) is 3.76. The Morgan fingerprint density at radius 1 is 0.971 bits per heavy atom. The number of carbonyl (C=O) groups is 1. The van der Waals surface area contributed by atoms with Crippen LogP contribution >= 0.6 is 0 Å². The molecule has 0 spiro atoms. The Morgan fingerprint density at radius 2 is 1.71 bits per heavy atom. The van der Waals surface area contributed by atoms with Gasteiger partial charge in [0.1, 0.15) is 17.2 Å². The first kappa shape index (κ1) is 24.0. The van der Waals surface area contributed by atoms with Crippen molar-refractivity contribution >= 4 is 11.6 Å². The zero-order valence-corrected chi connectivity index (χ0v) is 20.5. The van der Waals surface area contributed by atoms with E-state index in [0.29, 0.717) is 28.3 Å². The van der Waals surface area contributed by atoms with E-state index < -0.39 is 0 Å². The molecular weight excluding hydrogens is 440 g/mol. The minimum Gasteiger partial charge on any atom is -0.497 e. The monoisotopic (exact) mass is 470 g/mol. The lowest BCUT2D eigenvalue weighted by Gasteiger charge is -2.11. The second-order valence-electron chi connectivity index (χ2n) is 8.44. The summed E-state index contributed by atoms with van der Waals surface area (Å²) in [6, 6.07) is 23.1. The highest BCUT2D eigenvalue weighted by atomic mass is 16.5. The highest BCUT2D eigenvalue weighted by Gasteiger charge is 2.22. The van der Waals surface area contributed by atoms with Crippen LogP contribution in [0.2, 0.25) is 0 Å². The van der Waals surface area contributed by atoms with E-state index in [-0.39, 0.29) is 5.91 Å². The molecule has 3 aromatic carbocycles. The van der Waals surface area contributed by atoms with Crippen LogP contribution in [-0.2, 0) is 6.42 Å². The predicted molar refractivity (Wildman–Crippen MR) is 139 cm³/mol. The summed E-state index contributed by atoms with van der Waals surface area (Å²) in [6.07, 6.45) is 2.69. The number of nitrogens with zero attached hydrogens (tertiary/aromatic N) is 3. The van der Waals surface area contributed by atoms with Crippen molar-refractivity contribution in [1.82, 2.24) is 14.7 Å². The number of likely N-dealkylation sites (N-methyl/N-ethyl adjacent to an activating group) is 1. The maximum absolute atomic E-state index is 13.5. The molecule has 1 aromatic heterocycles. The molecule has 1 amide bonds. The molecule has 1 N–H and O–H groups in total. The van der Waals surface area contributed by atoms with Gasteiger partial charge in [-0.15, -0.1) is 0 Å². The van der Waals surface area contributed by atoms with E-state index in [9.17, 15) is 4.79 Å². The van der Waals surface area contributed by atoms with Gasteiger partial charge in [-0.1, -0.05) is 30.3 Å². The van der Waals surface area contributed by atoms with Gasteiger partial charge in [-0.25, -0.2) is 4.68 Å². The van der Waals surface area contributed by atoms with Gasteiger partial charge in [-0.2, -0.15) is 5.10 Å². The lowest BCUT2D eigenvalue weighted by molar-refractivity contribution is 0.102. The van der Waals surface area contributed by atoms with Crippen LogP contribution in [0.5, 0.6) is 11.5 Å². The Balaban J connectivity index is 1.70. The largest absolute Gasteiger partial charge is 0.497 e. The molecule has 0 aliphatic rings. The zero-order valence-electron chi connectivity index (χ0n) is 20.5. The summed E-state index contributed by atoms with van der Waals surface area (Å²) in [5, 5.41) is 7.78. The van der Waals surface area contributed by atoms with Crippen LogP contribution in [0.1, 0.15) is 15.9 Å². The minimum atomic E-state index is -0.256. The summed E-state index contributed by atoms with van der Waals surface area (Å²) in [6.45, 7) is 0.968. The van der Waals surface area contributed by atoms with Gasteiger partial charge in [0.25, 0.3) is 5.91 Å². The predicted octanol–water partition coefficient (Wildman–Crippen LogP) is 4.91. The van der Waals surface area contributed by atoms with Gasteiger partial charge in [-0.3, -0.25) is 4.79 Å². The van der Waals surface area contributed by atoms with E-state index in [0.717, 1.165) is 24.3 Å². The van der Waals surface area contributed by atoms with Crippen molar-refractivity contribution in [2.75, 3.05) is 40.2 Å². The third-order valence-corrected chi connectivity index (χ3v) is 5.70. The number of para-hydroxylation sites is 1. The Kier molecular flexibility index (Phi) is 7.48. The van der Waals surface area contributed by atoms with Crippen molar-refractivity contribution in [1.29, 1.82) is 0 Å². The lowest BCUT2D eigenvalue weighted by atomic mass is 10.1. The average molecular weight is 471 g/mol. The second-order valence-corrected chi connectivity index (χ2v) is 8.44. The van der Waals surface area contributed by atoms with Gasteiger partial charge in [0.15, 0.2) is 0 Å². The number of benzene rings is 3. The van der Waals surface area contributed by atoms with Gasteiger partial charge in [0, 0.05) is 24.0 Å². The maximum Gasteiger partial charge on any atom is 0.259 e. The molecule has 4 aromatic rings. The van der Waals surface area contributed by atoms with Crippen molar-refractivity contribution in [3.63, 3.8) is 0 Å². The molecule has 0 atom stereocenters. The van der Waals surface area contributed by atoms with Crippen LogP contribution in [0.3, 0.4) is 0 Å². The summed E-state index contributed by atoms with van der Waals surface area (Å²) < 4.78 is 12.7. The molecule has 4 rings (SSSR count). The smallest absolute Gasteiger partial charge is 0.259 e. The number of carbonyl (C=O) groups excluding carboxylic acids is 1. The number of ether oxygens (including phenoxy) is 2. The number of anilines is 1. The maximum atomic E-state index is 13.5. The third kappa shape index (κ3) is 5.70. The number of aromatic nitrogens is 2. The number of rotatable bonds is 9. The van der Waals surface area contributed by atoms with Crippen LogP contribution in [0.25, 0.3) is 16.9 Å². The van der Waals surface area contributed by atoms with Gasteiger partial charge in [-0.05, 0) is 68.5 Å². The van der Waals surface area contributed by atoms with Crippen LogP contribution in [0.4, 0.5) is 5.69 Å². The summed E-state index contributed by atoms with van der Waals surface area (Å²) in [5.41, 5.74) is 4.39. The average Bonchev–Trinajstić information content (AvgIpc) is 3.34. The minimum absolute atomic E-state index is 0.256. The third-order valence-electron chi connectivity index (χ3n) is 5.70. The van der Waals surface area contributed by atoms with Crippen LogP contribution < -0.4 is 14.8 Å². The summed E-state index contributed by atoms with van der Waals surface area (Å²) in [5.74, 6) is 0.992. The summed E-state index contributed by atoms with van der Waals surface area (Å²) >= 11 is 0. The zero-order chi connectivity index (χ0) is 24.8. The lowest BCUT2D eigenvalue weighted by Crippen LogP contribution is -2.15. The SMILES string of the molecule is COc1ccc(OC)c(-c2nn(-c3ccccc3)cc2C(=O)Nc2ccc(CCN(C)C)cc2)c1. The molecule has 0 unspecified atom stereocenters. The van der Waals surface area contributed by atoms with Crippen molar-refractivity contribution in [2.24, 2.45) is 0 Å². The normalized spacial score (nSPS) is 10.9. The topological polar surface area (TPSA) is 68.6 Å². The Hall–Kier alpha value is -4.10. The second kappa shape index (κ2) is 10.9. The van der Waals surface area contributed by atoms with E-state index in [2.05, 4.69) is 24.3 Å². The molecule has 0 aliphatic carbocycles. The Bertz CT molecular complexity index is 1280. The van der Waals surface area contributed by atoms with Gasteiger partial charge in [0.05, 0.1) is 25.5 Å². The Morgan fingerprint density at radius 3 is 2.37 bits per heavy atom. The van der Waals surface area contributed by atoms with Crippen molar-refractivity contribution < 1.29 is 14.3 Å². The molecule has 0 saturated carbocycles. The quantitative estimate of drug-likeness (QED) is 0.376. The molecular formula is C28H30N4O3. The molecule has 0 radical (unpaired) electrons. The van der Waals surface area contributed by atoms with E-state index in [1.165, 1.54) is 5.56 Å². The molecule has 7 heteroatoms. The first-order chi connectivity index (χ1) is 17.0. The van der Waals surface area contributed by atoms with Crippen LogP contribution in [0, 0.1) is 0 Å². The number of hydrogen-bond acceptors (Lipinski definition) is 5. The molecule has 7 nitrogen and oxygen atoms in total. The first-order valence-corrected chi connectivity index (χ1v) is 11.4. The number of hydrogen-bond donors (Lipinski definition) is 1.